The van der Waals surface area contributed by atoms with Crippen molar-refractivity contribution >= 4 is 17.7 Å². The first-order chi connectivity index (χ1) is 21.5. The number of carbonyl (C=O) groups excluding carboxylic acids is 2. The van der Waals surface area contributed by atoms with Crippen LogP contribution in [0.15, 0.2) is 66.7 Å². The fraction of sp³-hybridized carbons (Fsp3) is 0.375. The topological polar surface area (TPSA) is 97.9 Å². The minimum Gasteiger partial charge on any atom is -0.497 e. The molecule has 242 valence electrons. The number of alkyl halides is 3. The maximum absolute atomic E-state index is 15.0. The predicted octanol–water partition coefficient (Wildman–Crippen LogP) is 5.71. The van der Waals surface area contributed by atoms with E-state index < -0.39 is 42.4 Å². The first kappa shape index (κ1) is 33.7. The van der Waals surface area contributed by atoms with E-state index in [1.807, 2.05) is 12.1 Å². The Bertz CT molecular complexity index is 1430. The second kappa shape index (κ2) is 15.7. The summed E-state index contributed by atoms with van der Waals surface area (Å²) in [4.78, 5) is 24.8. The Labute approximate surface area is 257 Å². The van der Waals surface area contributed by atoms with Gasteiger partial charge in [-0.2, -0.15) is 13.2 Å². The van der Waals surface area contributed by atoms with Gasteiger partial charge in [-0.15, -0.1) is 0 Å². The number of halogens is 5. The molecule has 45 heavy (non-hydrogen) atoms. The van der Waals surface area contributed by atoms with Gasteiger partial charge in [-0.1, -0.05) is 30.3 Å². The fourth-order valence-corrected chi connectivity index (χ4v) is 4.96. The van der Waals surface area contributed by atoms with Crippen LogP contribution in [0.3, 0.4) is 0 Å². The number of anilines is 1. The highest BCUT2D eigenvalue weighted by Gasteiger charge is 2.29. The molecule has 2 amide bonds. The second-order valence-corrected chi connectivity index (χ2v) is 10.6. The van der Waals surface area contributed by atoms with Gasteiger partial charge in [0.15, 0.2) is 0 Å². The molecule has 8 nitrogen and oxygen atoms in total. The van der Waals surface area contributed by atoms with Crippen molar-refractivity contribution in [3.63, 3.8) is 0 Å². The Hall–Kier alpha value is -4.23. The lowest BCUT2D eigenvalue weighted by Gasteiger charge is -2.30. The van der Waals surface area contributed by atoms with Crippen LogP contribution < -0.4 is 20.7 Å². The van der Waals surface area contributed by atoms with E-state index in [0.717, 1.165) is 11.1 Å². The molecule has 1 heterocycles. The third-order valence-electron chi connectivity index (χ3n) is 7.28. The SMILES string of the molecule is COc1cccc([C@H](CC(=O)Nc2cccc(F)c2CC[C@@H]2CN[C@H](COC(=O)NCC(F)(F)F)CO2)c2ccc(F)cc2)c1. The van der Waals surface area contributed by atoms with Crippen LogP contribution in [-0.4, -0.2) is 63.7 Å². The number of hydrogen-bond acceptors (Lipinski definition) is 6. The maximum Gasteiger partial charge on any atom is 0.407 e. The van der Waals surface area contributed by atoms with Gasteiger partial charge in [0.05, 0.1) is 25.9 Å². The van der Waals surface area contributed by atoms with E-state index in [9.17, 15) is 31.5 Å². The number of amides is 2. The highest BCUT2D eigenvalue weighted by Crippen LogP contribution is 2.31. The van der Waals surface area contributed by atoms with Crippen molar-refractivity contribution in [1.29, 1.82) is 0 Å². The van der Waals surface area contributed by atoms with Crippen molar-refractivity contribution in [2.24, 2.45) is 0 Å². The highest BCUT2D eigenvalue weighted by atomic mass is 19.4. The summed E-state index contributed by atoms with van der Waals surface area (Å²) in [7, 11) is 1.54. The molecule has 3 aromatic carbocycles. The number of carbonyl (C=O) groups is 2. The Morgan fingerprint density at radius 1 is 1.04 bits per heavy atom. The molecule has 3 N–H and O–H groups in total. The second-order valence-electron chi connectivity index (χ2n) is 10.6. The Morgan fingerprint density at radius 3 is 2.49 bits per heavy atom. The van der Waals surface area contributed by atoms with Crippen LogP contribution in [-0.2, 0) is 20.7 Å². The molecule has 13 heteroatoms. The average Bonchev–Trinajstić information content (AvgIpc) is 3.02. The van der Waals surface area contributed by atoms with Crippen LogP contribution in [0.1, 0.15) is 35.4 Å². The first-order valence-electron chi connectivity index (χ1n) is 14.3. The number of nitrogens with one attached hydrogen (secondary N) is 3. The number of morpholine rings is 1. The summed E-state index contributed by atoms with van der Waals surface area (Å²) in [6, 6.07) is 17.2. The van der Waals surface area contributed by atoms with Gasteiger partial charge in [0, 0.05) is 30.1 Å². The van der Waals surface area contributed by atoms with Crippen molar-refractivity contribution in [1.82, 2.24) is 10.6 Å². The van der Waals surface area contributed by atoms with Gasteiger partial charge in [0.2, 0.25) is 5.91 Å². The number of rotatable bonds is 12. The number of hydrogen-bond donors (Lipinski definition) is 3. The Morgan fingerprint density at radius 2 is 1.80 bits per heavy atom. The number of benzene rings is 3. The number of alkyl carbamates (subject to hydrolysis) is 1. The Balaban J connectivity index is 1.33. The van der Waals surface area contributed by atoms with Crippen LogP contribution >= 0.6 is 0 Å². The minimum absolute atomic E-state index is 0.00208. The quantitative estimate of drug-likeness (QED) is 0.221. The normalized spacial score (nSPS) is 17.3. The summed E-state index contributed by atoms with van der Waals surface area (Å²) >= 11 is 0. The molecular weight excluding hydrogens is 601 g/mol. The van der Waals surface area contributed by atoms with Crippen LogP contribution in [0.2, 0.25) is 0 Å². The molecule has 0 radical (unpaired) electrons. The van der Waals surface area contributed by atoms with E-state index in [0.29, 0.717) is 30.0 Å². The van der Waals surface area contributed by atoms with Crippen molar-refractivity contribution in [3.05, 3.63) is 95.1 Å². The van der Waals surface area contributed by atoms with Gasteiger partial charge in [0.25, 0.3) is 0 Å². The van der Waals surface area contributed by atoms with Crippen LogP contribution in [0.5, 0.6) is 5.75 Å². The monoisotopic (exact) mass is 635 g/mol. The van der Waals surface area contributed by atoms with Gasteiger partial charge in [-0.25, -0.2) is 13.6 Å². The first-order valence-corrected chi connectivity index (χ1v) is 14.3. The lowest BCUT2D eigenvalue weighted by atomic mass is 9.88. The average molecular weight is 636 g/mol. The third-order valence-corrected chi connectivity index (χ3v) is 7.28. The van der Waals surface area contributed by atoms with Crippen molar-refractivity contribution in [2.45, 2.75) is 43.5 Å². The molecule has 3 aromatic rings. The largest absolute Gasteiger partial charge is 0.497 e. The standard InChI is InChI=1S/C32H34F5N3O5/c1-43-24-5-2-4-21(14-24)27(20-8-10-22(33)11-9-20)15-30(41)40-29-7-3-6-28(34)26(29)13-12-25-16-38-23(17-44-25)18-45-31(42)39-19-32(35,36)37/h2-11,14,23,25,27,38H,12-13,15-19H2,1H3,(H,39,42)(H,40,41)/t23-,25+,27+/m0/s1. The molecule has 0 spiro atoms. The third kappa shape index (κ3) is 10.4. The molecule has 0 aromatic heterocycles. The van der Waals surface area contributed by atoms with Gasteiger partial charge in [-0.3, -0.25) is 4.79 Å². The van der Waals surface area contributed by atoms with Gasteiger partial charge < -0.3 is 30.2 Å². The van der Waals surface area contributed by atoms with Crippen LogP contribution in [0.25, 0.3) is 0 Å². The number of ether oxygens (including phenoxy) is 3. The zero-order chi connectivity index (χ0) is 32.4. The molecule has 0 aliphatic carbocycles. The molecule has 0 bridgehead atoms. The van der Waals surface area contributed by atoms with Crippen molar-refractivity contribution < 1.29 is 45.8 Å². The lowest BCUT2D eigenvalue weighted by Crippen LogP contribution is -2.49. The van der Waals surface area contributed by atoms with E-state index in [2.05, 4.69) is 10.6 Å². The van der Waals surface area contributed by atoms with E-state index in [4.69, 9.17) is 14.2 Å². The van der Waals surface area contributed by atoms with Crippen LogP contribution in [0.4, 0.5) is 32.4 Å². The molecule has 1 aliphatic heterocycles. The van der Waals surface area contributed by atoms with Crippen molar-refractivity contribution in [3.8, 4) is 5.75 Å². The molecule has 3 atom stereocenters. The van der Waals surface area contributed by atoms with Crippen molar-refractivity contribution in [2.75, 3.05) is 38.7 Å². The lowest BCUT2D eigenvalue weighted by molar-refractivity contribution is -0.124. The summed E-state index contributed by atoms with van der Waals surface area (Å²) in [5, 5.41) is 7.58. The highest BCUT2D eigenvalue weighted by molar-refractivity contribution is 5.92. The van der Waals surface area contributed by atoms with Gasteiger partial charge >= 0.3 is 12.3 Å². The minimum atomic E-state index is -4.54. The molecule has 1 fully saturated rings. The molecule has 4 rings (SSSR count). The predicted molar refractivity (Wildman–Crippen MR) is 156 cm³/mol. The fourth-order valence-electron chi connectivity index (χ4n) is 4.96. The summed E-state index contributed by atoms with van der Waals surface area (Å²) in [6.07, 6.45) is -5.40. The van der Waals surface area contributed by atoms with E-state index in [-0.39, 0.29) is 38.1 Å². The summed E-state index contributed by atoms with van der Waals surface area (Å²) in [5.74, 6) is -1.07. The number of methoxy groups -OCH3 is 1. The zero-order valence-corrected chi connectivity index (χ0v) is 24.5. The smallest absolute Gasteiger partial charge is 0.407 e. The molecule has 0 unspecified atom stereocenters. The summed E-state index contributed by atoms with van der Waals surface area (Å²) in [6.45, 7) is -1.20. The van der Waals surface area contributed by atoms with Gasteiger partial charge in [0.1, 0.15) is 30.5 Å². The molecule has 1 saturated heterocycles. The zero-order valence-electron chi connectivity index (χ0n) is 24.5. The van der Waals surface area contributed by atoms with E-state index in [1.54, 1.807) is 35.6 Å². The van der Waals surface area contributed by atoms with E-state index in [1.165, 1.54) is 31.4 Å². The molecule has 0 saturated carbocycles. The summed E-state index contributed by atoms with van der Waals surface area (Å²) in [5.41, 5.74) is 2.15. The maximum atomic E-state index is 15.0. The Kier molecular flexibility index (Phi) is 11.7. The molecule has 1 aliphatic rings. The molecular formula is C32H34F5N3O5. The van der Waals surface area contributed by atoms with Crippen LogP contribution in [0, 0.1) is 11.6 Å². The van der Waals surface area contributed by atoms with Gasteiger partial charge in [-0.05, 0) is 60.4 Å². The summed E-state index contributed by atoms with van der Waals surface area (Å²) < 4.78 is 81.2. The van der Waals surface area contributed by atoms with E-state index >= 15 is 0 Å².